The summed E-state index contributed by atoms with van der Waals surface area (Å²) in [5.41, 5.74) is 3.51. The molecule has 2 fully saturated rings. The van der Waals surface area contributed by atoms with Crippen molar-refractivity contribution in [2.24, 2.45) is 5.73 Å². The second-order valence-corrected chi connectivity index (χ2v) is 18.7. The lowest BCUT2D eigenvalue weighted by Gasteiger charge is -2.44. The molecule has 2 unspecified atom stereocenters. The molecule has 0 saturated carbocycles. The maximum atomic E-state index is 13.2. The molecule has 2 saturated heterocycles. The highest BCUT2D eigenvalue weighted by molar-refractivity contribution is 7.61. The number of hydrogen-bond donors (Lipinski definition) is 15. The number of nitrogens with one attached hydrogen (secondary N) is 5. The first-order valence-corrected chi connectivity index (χ1v) is 23.7. The third-order valence-electron chi connectivity index (χ3n) is 10.2. The maximum absolute atomic E-state index is 13.2. The Bertz CT molecular complexity index is 2270. The van der Waals surface area contributed by atoms with Crippen LogP contribution in [0.2, 0.25) is 0 Å². The van der Waals surface area contributed by atoms with E-state index in [0.29, 0.717) is 4.57 Å². The lowest BCUT2D eigenvalue weighted by molar-refractivity contribution is -0.261. The lowest BCUT2D eigenvalue weighted by atomic mass is 9.96. The van der Waals surface area contributed by atoms with Crippen LogP contribution in [0.5, 0.6) is 0 Å². The van der Waals surface area contributed by atoms with Crippen LogP contribution in [0.15, 0.2) is 21.9 Å². The van der Waals surface area contributed by atoms with Gasteiger partial charge in [0.25, 0.3) is 5.56 Å². The lowest BCUT2D eigenvalue weighted by Crippen LogP contribution is -2.66. The number of carbonyl (C=O) groups is 7. The number of aliphatic hydroxyl groups is 4. The fourth-order valence-corrected chi connectivity index (χ4v) is 8.78. The van der Waals surface area contributed by atoms with Crippen molar-refractivity contribution in [1.82, 2.24) is 30.8 Å². The van der Waals surface area contributed by atoms with Gasteiger partial charge >= 0.3 is 39.2 Å². The van der Waals surface area contributed by atoms with E-state index in [1.165, 1.54) is 0 Å². The molecule has 3 rings (SSSR count). The second-order valence-electron chi connectivity index (χ2n) is 15.7. The van der Waals surface area contributed by atoms with E-state index in [1.807, 2.05) is 4.98 Å². The molecular weight excluding hydrogens is 996 g/mol. The molecule has 0 spiro atoms. The zero-order valence-electron chi connectivity index (χ0n) is 37.1. The Morgan fingerprint density at radius 1 is 0.843 bits per heavy atom. The third kappa shape index (κ3) is 17.3. The summed E-state index contributed by atoms with van der Waals surface area (Å²) in [7, 11) is -11.7. The van der Waals surface area contributed by atoms with Crippen molar-refractivity contribution in [2.75, 3.05) is 13.2 Å². The van der Waals surface area contributed by atoms with Crippen LogP contribution in [0.1, 0.15) is 59.1 Å². The van der Waals surface area contributed by atoms with Gasteiger partial charge in [0.05, 0.1) is 13.2 Å². The topological polar surface area (TPSA) is 520 Å². The number of aromatic amines is 1. The van der Waals surface area contributed by atoms with E-state index in [1.54, 1.807) is 0 Å². The highest BCUT2D eigenvalue weighted by atomic mass is 31.3. The number of carboxylic acids is 3. The molecule has 2 aliphatic heterocycles. The van der Waals surface area contributed by atoms with Gasteiger partial charge in [-0.05, 0) is 39.5 Å². The van der Waals surface area contributed by atoms with Crippen LogP contribution in [-0.2, 0) is 70.3 Å². The van der Waals surface area contributed by atoms with Gasteiger partial charge in [0.15, 0.2) is 12.5 Å². The summed E-state index contributed by atoms with van der Waals surface area (Å²) in [6.07, 6.45) is -17.6. The number of carboxylic acid groups (broad SMARTS) is 3. The number of rotatable bonds is 27. The van der Waals surface area contributed by atoms with Crippen molar-refractivity contribution in [2.45, 2.75) is 138 Å². The van der Waals surface area contributed by atoms with Crippen LogP contribution in [0.4, 0.5) is 0 Å². The van der Waals surface area contributed by atoms with Crippen molar-refractivity contribution in [3.63, 3.8) is 0 Å². The summed E-state index contributed by atoms with van der Waals surface area (Å²) in [4.78, 5) is 132. The van der Waals surface area contributed by atoms with Gasteiger partial charge in [-0.2, -0.15) is 4.31 Å². The van der Waals surface area contributed by atoms with Crippen molar-refractivity contribution in [3.05, 3.63) is 33.1 Å². The fourth-order valence-electron chi connectivity index (χ4n) is 6.62. The van der Waals surface area contributed by atoms with Crippen molar-refractivity contribution < 1.29 is 116 Å². The number of phosphoric acid groups is 2. The molecule has 4 amide bonds. The number of nitrogens with zero attached hydrogens (tertiary/aromatic N) is 1. The first kappa shape index (κ1) is 59.2. The van der Waals surface area contributed by atoms with Gasteiger partial charge in [0.2, 0.25) is 23.6 Å². The fraction of sp³-hybridized carbons (Fsp3) is 0.686. The molecule has 16 atom stereocenters. The Morgan fingerprint density at radius 3 is 2.04 bits per heavy atom. The monoisotopic (exact) mass is 1050 g/mol. The molecule has 0 aromatic carbocycles. The zero-order chi connectivity index (χ0) is 53.0. The number of aliphatic hydroxyl groups excluding tert-OH is 4. The predicted molar refractivity (Wildman–Crippen MR) is 224 cm³/mol. The molecule has 0 bridgehead atoms. The average molecular weight is 1050 g/mol. The summed E-state index contributed by atoms with van der Waals surface area (Å²) in [5.74, 6) is -8.57. The van der Waals surface area contributed by atoms with Crippen molar-refractivity contribution >= 4 is 57.2 Å². The van der Waals surface area contributed by atoms with Crippen LogP contribution >= 0.6 is 15.6 Å². The van der Waals surface area contributed by atoms with Crippen LogP contribution in [-0.4, -0.2) is 189 Å². The van der Waals surface area contributed by atoms with Gasteiger partial charge in [0, 0.05) is 25.6 Å². The molecule has 1 aromatic heterocycles. The van der Waals surface area contributed by atoms with Crippen LogP contribution < -0.4 is 38.2 Å². The van der Waals surface area contributed by atoms with Crippen LogP contribution in [0, 0.1) is 0 Å². The number of hydrogen-bond acceptors (Lipinski definition) is 22. The number of carbonyl (C=O) groups excluding carboxylic acids is 4. The normalized spacial score (nSPS) is 27.3. The summed E-state index contributed by atoms with van der Waals surface area (Å²) in [5, 5.41) is 78.4. The second kappa shape index (κ2) is 25.9. The van der Waals surface area contributed by atoms with Gasteiger partial charge in [-0.1, -0.05) is 0 Å². The number of phosphoric ester groups is 2. The molecule has 16 N–H and O–H groups in total. The van der Waals surface area contributed by atoms with E-state index in [9.17, 15) is 92.7 Å². The molecule has 396 valence electrons. The summed E-state index contributed by atoms with van der Waals surface area (Å²) >= 11 is 0. The standard InChI is InChI=1S/C35H55N7O26P2/c1-13(28(50)40-18(33(56)57)7-8-21(45)39-17(32(54)55)6-4-5-16(36)31(52)53)37-29(51)14(2)64-27-23(38-15(3)44)34(66-19(11-43)25(27)48)67-70(61,62)68-69(59,60)63-12-20-24(47)26(49)30(65-20)42-10-9-22(46)41-35(42)58/h9-10,13-14,16-20,23-27,30,34,43,47-49H,4-8,11-12,36H2,1-3H3,(H,37,51)(H,38,44)(H,39,45)(H,40,50)(H,52,53)(H,54,55)(H,56,57)(H,59,60)(H,61,62)(H,41,46,58)/t13-,14+,16-,17-,18+,19+,20+,23+,24+,25+,26+,27+,30+,34+/m0/s1. The Kier molecular flexibility index (Phi) is 21.9. The molecule has 3 heterocycles. The largest absolute Gasteiger partial charge is 0.483 e. The SMILES string of the molecule is CC(=O)N[C@H]1[C@@H](OP(=O)(O)OP(=O)(O)OC[C@H]2O[C@@H](n3ccc(=O)[nH]c3=O)[C@H](O)[C@@H]2O)O[C@H](CO)[C@@H](O)[C@@H]1O[C@H](C)C(=O)N[C@@H](C)C(=O)N[C@H](CCC(=O)N[C@@H](CCC[C@H](N)C(=O)O)C(=O)O)C(=O)O. The summed E-state index contributed by atoms with van der Waals surface area (Å²) in [6, 6.07) is -7.11. The number of ether oxygens (including phenoxy) is 3. The van der Waals surface area contributed by atoms with E-state index >= 15 is 0 Å². The minimum atomic E-state index is -5.94. The number of amides is 4. The van der Waals surface area contributed by atoms with Crippen LogP contribution in [0.25, 0.3) is 0 Å². The van der Waals surface area contributed by atoms with Crippen LogP contribution in [0.3, 0.4) is 0 Å². The number of H-pyrrole nitrogens is 1. The molecule has 0 radical (unpaired) electrons. The quantitative estimate of drug-likeness (QED) is 0.0365. The number of aromatic nitrogens is 2. The number of aliphatic carboxylic acids is 3. The first-order chi connectivity index (χ1) is 32.5. The summed E-state index contributed by atoms with van der Waals surface area (Å²) < 4.78 is 56.8. The van der Waals surface area contributed by atoms with E-state index < -0.39 is 180 Å². The van der Waals surface area contributed by atoms with E-state index in [2.05, 4.69) is 30.1 Å². The van der Waals surface area contributed by atoms with Gasteiger partial charge < -0.3 is 86.7 Å². The minimum absolute atomic E-state index is 0.00343. The van der Waals surface area contributed by atoms with Gasteiger partial charge in [-0.25, -0.2) is 23.5 Å². The Hall–Kier alpha value is -5.09. The molecule has 0 aliphatic carbocycles. The Morgan fingerprint density at radius 2 is 1.47 bits per heavy atom. The van der Waals surface area contributed by atoms with Crippen molar-refractivity contribution in [1.29, 1.82) is 0 Å². The molecule has 2 aliphatic rings. The van der Waals surface area contributed by atoms with E-state index in [0.717, 1.165) is 33.0 Å². The predicted octanol–water partition coefficient (Wildman–Crippen LogP) is -6.23. The van der Waals surface area contributed by atoms with Crippen molar-refractivity contribution in [3.8, 4) is 0 Å². The Balaban J connectivity index is 1.64. The van der Waals surface area contributed by atoms with Gasteiger partial charge in [-0.3, -0.25) is 47.4 Å². The highest BCUT2D eigenvalue weighted by Crippen LogP contribution is 2.61. The minimum Gasteiger partial charge on any atom is -0.480 e. The smallest absolute Gasteiger partial charge is 0.480 e. The molecule has 1 aromatic rings. The van der Waals surface area contributed by atoms with Gasteiger partial charge in [0.1, 0.15) is 72.9 Å². The molecular formula is C35H55N7O26P2. The average Bonchev–Trinajstić information content (AvgIpc) is 3.53. The zero-order valence-corrected chi connectivity index (χ0v) is 38.9. The highest BCUT2D eigenvalue weighted by Gasteiger charge is 2.52. The summed E-state index contributed by atoms with van der Waals surface area (Å²) in [6.45, 7) is 0.794. The molecule has 35 heteroatoms. The third-order valence-corrected chi connectivity index (χ3v) is 12.8. The maximum Gasteiger partial charge on any atom is 0.483 e. The van der Waals surface area contributed by atoms with E-state index in [-0.39, 0.29) is 19.3 Å². The Labute approximate surface area is 393 Å². The molecule has 33 nitrogen and oxygen atoms in total. The number of nitrogens with two attached hydrogens (primary N) is 1. The van der Waals surface area contributed by atoms with E-state index in [4.69, 9.17) is 29.6 Å². The first-order valence-electron chi connectivity index (χ1n) is 20.7. The molecule has 70 heavy (non-hydrogen) atoms. The van der Waals surface area contributed by atoms with Gasteiger partial charge in [-0.15, -0.1) is 0 Å².